The number of nitrogens with one attached hydrogen (secondary N) is 2. The molecule has 2 aromatic carbocycles. The maximum Gasteiger partial charge on any atom is 0.338 e. The van der Waals surface area contributed by atoms with E-state index in [0.29, 0.717) is 17.8 Å². The number of rotatable bonds is 7. The van der Waals surface area contributed by atoms with E-state index in [-0.39, 0.29) is 12.6 Å². The van der Waals surface area contributed by atoms with Crippen LogP contribution in [0.5, 0.6) is 5.75 Å². The molecule has 2 N–H and O–H groups in total. The molecular formula is C25H30N4O4. The Kier molecular flexibility index (Phi) is 7.14. The van der Waals surface area contributed by atoms with Gasteiger partial charge in [0.25, 0.3) is 0 Å². The van der Waals surface area contributed by atoms with Crippen LogP contribution in [0.1, 0.15) is 18.5 Å². The summed E-state index contributed by atoms with van der Waals surface area (Å²) in [6.45, 7) is 5.79. The Labute approximate surface area is 194 Å². The molecule has 33 heavy (non-hydrogen) atoms. The molecule has 0 spiro atoms. The Balaban J connectivity index is 1.53. The lowest BCUT2D eigenvalue weighted by Gasteiger charge is -2.38. The molecule has 8 heteroatoms. The second-order valence-electron chi connectivity index (χ2n) is 8.02. The van der Waals surface area contributed by atoms with E-state index in [2.05, 4.69) is 26.5 Å². The number of hydrogen-bond acceptors (Lipinski definition) is 6. The summed E-state index contributed by atoms with van der Waals surface area (Å²) >= 11 is 0. The number of hydrogen-bond donors (Lipinski definition) is 2. The summed E-state index contributed by atoms with van der Waals surface area (Å²) in [4.78, 5) is 30.0. The molecule has 1 atom stereocenters. The van der Waals surface area contributed by atoms with Crippen LogP contribution >= 0.6 is 0 Å². The number of methoxy groups -OCH3 is 1. The van der Waals surface area contributed by atoms with Crippen LogP contribution in [0.15, 0.2) is 65.9 Å². The van der Waals surface area contributed by atoms with Gasteiger partial charge in [-0.25, -0.2) is 9.59 Å². The number of nitrogens with zero attached hydrogens (tertiary/aromatic N) is 2. The quantitative estimate of drug-likeness (QED) is 0.631. The smallest absolute Gasteiger partial charge is 0.338 e. The van der Waals surface area contributed by atoms with Crippen LogP contribution in [0.3, 0.4) is 0 Å². The Bertz CT molecular complexity index is 1020. The molecule has 2 aliphatic rings. The van der Waals surface area contributed by atoms with Gasteiger partial charge in [-0.2, -0.15) is 0 Å². The van der Waals surface area contributed by atoms with E-state index in [1.165, 1.54) is 0 Å². The minimum atomic E-state index is -0.549. The molecule has 2 amide bonds. The summed E-state index contributed by atoms with van der Waals surface area (Å²) < 4.78 is 10.7. The van der Waals surface area contributed by atoms with Crippen molar-refractivity contribution in [1.82, 2.24) is 15.5 Å². The maximum absolute atomic E-state index is 12.9. The Morgan fingerprint density at radius 3 is 2.52 bits per heavy atom. The highest BCUT2D eigenvalue weighted by molar-refractivity contribution is 5.95. The van der Waals surface area contributed by atoms with Crippen LogP contribution in [0, 0.1) is 0 Å². The molecule has 0 aromatic heterocycles. The van der Waals surface area contributed by atoms with Gasteiger partial charge in [0.05, 0.1) is 25.3 Å². The zero-order chi connectivity index (χ0) is 23.2. The Morgan fingerprint density at radius 1 is 1.06 bits per heavy atom. The van der Waals surface area contributed by atoms with Gasteiger partial charge in [-0.3, -0.25) is 4.90 Å². The van der Waals surface area contributed by atoms with E-state index in [1.54, 1.807) is 14.0 Å². The first-order chi connectivity index (χ1) is 16.1. The van der Waals surface area contributed by atoms with Crippen molar-refractivity contribution < 1.29 is 19.1 Å². The molecule has 0 bridgehead atoms. The lowest BCUT2D eigenvalue weighted by atomic mass is 9.95. The summed E-state index contributed by atoms with van der Waals surface area (Å²) in [6.07, 6.45) is 0. The van der Waals surface area contributed by atoms with Crippen molar-refractivity contribution >= 4 is 17.7 Å². The maximum atomic E-state index is 12.9. The van der Waals surface area contributed by atoms with E-state index in [4.69, 9.17) is 9.47 Å². The molecule has 2 heterocycles. The van der Waals surface area contributed by atoms with Crippen molar-refractivity contribution in [2.75, 3.05) is 51.3 Å². The number of carbonyl (C=O) groups excluding carboxylic acids is 2. The lowest BCUT2D eigenvalue weighted by Crippen LogP contribution is -2.51. The number of piperazine rings is 1. The highest BCUT2D eigenvalue weighted by Crippen LogP contribution is 2.28. The number of amides is 2. The molecule has 4 rings (SSSR count). The van der Waals surface area contributed by atoms with E-state index in [1.807, 2.05) is 48.5 Å². The lowest BCUT2D eigenvalue weighted by molar-refractivity contribution is -0.139. The van der Waals surface area contributed by atoms with Gasteiger partial charge in [-0.15, -0.1) is 0 Å². The van der Waals surface area contributed by atoms with Crippen molar-refractivity contribution in [3.05, 3.63) is 71.4 Å². The summed E-state index contributed by atoms with van der Waals surface area (Å²) in [5.74, 6) is 0.424. The number of benzene rings is 2. The van der Waals surface area contributed by atoms with Crippen molar-refractivity contribution in [3.63, 3.8) is 0 Å². The van der Waals surface area contributed by atoms with Crippen LogP contribution in [-0.2, 0) is 9.53 Å². The summed E-state index contributed by atoms with van der Waals surface area (Å²) in [5.41, 5.74) is 3.02. The first-order valence-corrected chi connectivity index (χ1v) is 11.2. The third-order valence-electron chi connectivity index (χ3n) is 5.95. The van der Waals surface area contributed by atoms with E-state index < -0.39 is 12.0 Å². The minimum Gasteiger partial charge on any atom is -0.497 e. The standard InChI is InChI=1S/C25H30N4O4/c1-3-33-24(30)22-21(26-25(31)27-23(22)18-8-5-4-6-9-18)17-28-12-14-29(15-13-28)19-10-7-11-20(16-19)32-2/h4-11,16,23H,3,12-15,17H2,1-2H3,(H2,26,27,31). The predicted octanol–water partition coefficient (Wildman–Crippen LogP) is 2.69. The number of esters is 1. The molecule has 0 radical (unpaired) electrons. The number of urea groups is 1. The van der Waals surface area contributed by atoms with Gasteiger partial charge in [-0.05, 0) is 24.6 Å². The van der Waals surface area contributed by atoms with Gasteiger partial charge in [0.15, 0.2) is 0 Å². The van der Waals surface area contributed by atoms with Crippen molar-refractivity contribution in [1.29, 1.82) is 0 Å². The number of ether oxygens (including phenoxy) is 2. The van der Waals surface area contributed by atoms with Crippen LogP contribution in [0.4, 0.5) is 10.5 Å². The normalized spacial score (nSPS) is 19.0. The van der Waals surface area contributed by atoms with Gasteiger partial charge in [0, 0.05) is 50.2 Å². The molecule has 1 unspecified atom stereocenters. The SMILES string of the molecule is CCOC(=O)C1=C(CN2CCN(c3cccc(OC)c3)CC2)NC(=O)NC1c1ccccc1. The molecule has 1 saturated heterocycles. The topological polar surface area (TPSA) is 83.1 Å². The molecule has 0 saturated carbocycles. The fourth-order valence-electron chi connectivity index (χ4n) is 4.28. The third kappa shape index (κ3) is 5.28. The molecule has 174 valence electrons. The molecule has 2 aliphatic heterocycles. The Morgan fingerprint density at radius 2 is 1.82 bits per heavy atom. The highest BCUT2D eigenvalue weighted by Gasteiger charge is 2.34. The first-order valence-electron chi connectivity index (χ1n) is 11.2. The monoisotopic (exact) mass is 450 g/mol. The average molecular weight is 451 g/mol. The van der Waals surface area contributed by atoms with E-state index >= 15 is 0 Å². The van der Waals surface area contributed by atoms with Gasteiger partial charge >= 0.3 is 12.0 Å². The summed E-state index contributed by atoms with van der Waals surface area (Å²) in [7, 11) is 1.67. The van der Waals surface area contributed by atoms with Crippen LogP contribution in [0.2, 0.25) is 0 Å². The van der Waals surface area contributed by atoms with Crippen molar-refractivity contribution in [3.8, 4) is 5.75 Å². The van der Waals surface area contributed by atoms with Crippen LogP contribution < -0.4 is 20.3 Å². The van der Waals surface area contributed by atoms with E-state index in [9.17, 15) is 9.59 Å². The second kappa shape index (κ2) is 10.4. The number of carbonyl (C=O) groups is 2. The van der Waals surface area contributed by atoms with Gasteiger partial charge < -0.3 is 25.0 Å². The Hall–Kier alpha value is -3.52. The molecule has 2 aromatic rings. The average Bonchev–Trinajstić information content (AvgIpc) is 2.85. The highest BCUT2D eigenvalue weighted by atomic mass is 16.5. The summed E-state index contributed by atoms with van der Waals surface area (Å²) in [5, 5.41) is 5.75. The fraction of sp³-hybridized carbons (Fsp3) is 0.360. The number of anilines is 1. The minimum absolute atomic E-state index is 0.268. The fourth-order valence-corrected chi connectivity index (χ4v) is 4.28. The van der Waals surface area contributed by atoms with Gasteiger partial charge in [0.1, 0.15) is 5.75 Å². The van der Waals surface area contributed by atoms with Crippen molar-refractivity contribution in [2.24, 2.45) is 0 Å². The second-order valence-corrected chi connectivity index (χ2v) is 8.02. The van der Waals surface area contributed by atoms with Crippen LogP contribution in [0.25, 0.3) is 0 Å². The first kappa shape index (κ1) is 22.7. The zero-order valence-corrected chi connectivity index (χ0v) is 19.0. The van der Waals surface area contributed by atoms with Gasteiger partial charge in [0.2, 0.25) is 0 Å². The van der Waals surface area contributed by atoms with Crippen molar-refractivity contribution in [2.45, 2.75) is 13.0 Å². The summed E-state index contributed by atoms with van der Waals surface area (Å²) in [6, 6.07) is 16.7. The third-order valence-corrected chi connectivity index (χ3v) is 5.95. The van der Waals surface area contributed by atoms with E-state index in [0.717, 1.165) is 43.2 Å². The molecule has 0 aliphatic carbocycles. The largest absolute Gasteiger partial charge is 0.497 e. The molecule has 1 fully saturated rings. The van der Waals surface area contributed by atoms with Gasteiger partial charge in [-0.1, -0.05) is 36.4 Å². The molecule has 8 nitrogen and oxygen atoms in total. The predicted molar refractivity (Wildman–Crippen MR) is 126 cm³/mol. The zero-order valence-electron chi connectivity index (χ0n) is 19.0. The molecular weight excluding hydrogens is 420 g/mol. The van der Waals surface area contributed by atoms with Crippen LogP contribution in [-0.4, -0.2) is 63.3 Å².